The first-order chi connectivity index (χ1) is 17.0. The lowest BCUT2D eigenvalue weighted by atomic mass is 9.96. The molecule has 1 aliphatic heterocycles. The molecule has 9 heteroatoms. The molecule has 3 aromatic rings. The zero-order valence-electron chi connectivity index (χ0n) is 19.7. The molecule has 0 saturated heterocycles. The summed E-state index contributed by atoms with van der Waals surface area (Å²) in [6, 6.07) is 13.5. The van der Waals surface area contributed by atoms with Crippen LogP contribution < -0.4 is 15.4 Å². The van der Waals surface area contributed by atoms with Gasteiger partial charge >= 0.3 is 6.03 Å². The Morgan fingerprint density at radius 2 is 2.11 bits per heavy atom. The van der Waals surface area contributed by atoms with Crippen molar-refractivity contribution in [3.8, 4) is 11.8 Å². The summed E-state index contributed by atoms with van der Waals surface area (Å²) in [5.41, 5.74) is 3.30. The normalized spacial score (nSPS) is 13.3. The standard InChI is InChI=1S/C26H27N5O3S/c1-17(19-7-3-4-8-22(19)34-2)12-24(32)30-25-21(13-27)20-9-11-31(16-23(20)35-25)26(33)29-15-18-6-5-10-28-14-18/h3-8,10,14,17H,9,11-12,15-16H2,1-2H3,(H,29,33)(H,30,32)/t17-/m1/s1. The second-order valence-electron chi connectivity index (χ2n) is 8.41. The quantitative estimate of drug-likeness (QED) is 0.511. The van der Waals surface area contributed by atoms with Gasteiger partial charge in [-0.2, -0.15) is 5.26 Å². The van der Waals surface area contributed by atoms with Crippen LogP contribution in [-0.4, -0.2) is 35.5 Å². The smallest absolute Gasteiger partial charge is 0.318 e. The predicted octanol–water partition coefficient (Wildman–Crippen LogP) is 4.42. The van der Waals surface area contributed by atoms with Gasteiger partial charge in [0.05, 0.1) is 19.2 Å². The molecule has 2 N–H and O–H groups in total. The van der Waals surface area contributed by atoms with Crippen LogP contribution in [0.2, 0.25) is 0 Å². The summed E-state index contributed by atoms with van der Waals surface area (Å²) < 4.78 is 5.42. The monoisotopic (exact) mass is 489 g/mol. The fraction of sp³-hybridized carbons (Fsp3) is 0.308. The summed E-state index contributed by atoms with van der Waals surface area (Å²) in [7, 11) is 1.61. The third-order valence-electron chi connectivity index (χ3n) is 6.04. The SMILES string of the molecule is COc1ccccc1[C@H](C)CC(=O)Nc1sc2c(c1C#N)CCN(C(=O)NCc1cccnc1)C2. The third kappa shape index (κ3) is 5.61. The number of hydrogen-bond donors (Lipinski definition) is 2. The summed E-state index contributed by atoms with van der Waals surface area (Å²) in [5, 5.41) is 16.2. The number of urea groups is 1. The van der Waals surface area contributed by atoms with E-state index in [2.05, 4.69) is 21.7 Å². The average molecular weight is 490 g/mol. The number of amides is 3. The highest BCUT2D eigenvalue weighted by Crippen LogP contribution is 2.37. The van der Waals surface area contributed by atoms with Gasteiger partial charge in [-0.25, -0.2) is 4.79 Å². The lowest BCUT2D eigenvalue weighted by Crippen LogP contribution is -2.42. The maximum absolute atomic E-state index is 12.8. The van der Waals surface area contributed by atoms with Gasteiger partial charge in [-0.3, -0.25) is 9.78 Å². The number of anilines is 1. The Morgan fingerprint density at radius 1 is 1.29 bits per heavy atom. The van der Waals surface area contributed by atoms with Crippen LogP contribution in [0.15, 0.2) is 48.8 Å². The van der Waals surface area contributed by atoms with Crippen molar-refractivity contribution in [1.29, 1.82) is 5.26 Å². The fourth-order valence-electron chi connectivity index (χ4n) is 4.21. The van der Waals surface area contributed by atoms with Gasteiger partial charge in [0.15, 0.2) is 0 Å². The van der Waals surface area contributed by atoms with Crippen molar-refractivity contribution in [1.82, 2.24) is 15.2 Å². The number of nitrogens with one attached hydrogen (secondary N) is 2. The summed E-state index contributed by atoms with van der Waals surface area (Å²) in [6.07, 6.45) is 4.24. The van der Waals surface area contributed by atoms with Crippen LogP contribution in [0.25, 0.3) is 0 Å². The van der Waals surface area contributed by atoms with E-state index in [1.165, 1.54) is 11.3 Å². The van der Waals surface area contributed by atoms with E-state index < -0.39 is 0 Å². The van der Waals surface area contributed by atoms with Crippen LogP contribution in [0.4, 0.5) is 9.80 Å². The molecule has 8 nitrogen and oxygen atoms in total. The number of methoxy groups -OCH3 is 1. The van der Waals surface area contributed by atoms with Crippen molar-refractivity contribution in [3.63, 3.8) is 0 Å². The number of benzene rings is 1. The Hall–Kier alpha value is -3.90. The van der Waals surface area contributed by atoms with Gasteiger partial charge in [-0.05, 0) is 41.2 Å². The lowest BCUT2D eigenvalue weighted by molar-refractivity contribution is -0.116. The van der Waals surface area contributed by atoms with Gasteiger partial charge in [0.2, 0.25) is 5.91 Å². The Bertz CT molecular complexity index is 1250. The van der Waals surface area contributed by atoms with Crippen LogP contribution in [-0.2, 0) is 24.3 Å². The number of hydrogen-bond acceptors (Lipinski definition) is 6. The highest BCUT2D eigenvalue weighted by molar-refractivity contribution is 7.16. The molecule has 1 atom stereocenters. The van der Waals surface area contributed by atoms with Gasteiger partial charge < -0.3 is 20.3 Å². The Morgan fingerprint density at radius 3 is 2.86 bits per heavy atom. The molecule has 0 spiro atoms. The number of para-hydroxylation sites is 1. The minimum absolute atomic E-state index is 0.0507. The second kappa shape index (κ2) is 11.0. The molecule has 0 bridgehead atoms. The number of rotatable bonds is 7. The van der Waals surface area contributed by atoms with E-state index >= 15 is 0 Å². The molecule has 2 aromatic heterocycles. The predicted molar refractivity (Wildman–Crippen MR) is 134 cm³/mol. The van der Waals surface area contributed by atoms with Crippen LogP contribution in [0.3, 0.4) is 0 Å². The Labute approximate surface area is 208 Å². The summed E-state index contributed by atoms with van der Waals surface area (Å²) in [6.45, 7) is 3.29. The molecule has 3 heterocycles. The molecule has 0 saturated carbocycles. The lowest BCUT2D eigenvalue weighted by Gasteiger charge is -2.27. The number of thiophene rings is 1. The number of pyridine rings is 1. The zero-order valence-corrected chi connectivity index (χ0v) is 20.5. The number of fused-ring (bicyclic) bond motifs is 1. The maximum Gasteiger partial charge on any atom is 0.318 e. The van der Waals surface area contributed by atoms with Crippen molar-refractivity contribution < 1.29 is 14.3 Å². The Kier molecular flexibility index (Phi) is 7.63. The van der Waals surface area contributed by atoms with Gasteiger partial charge in [0, 0.05) is 36.8 Å². The number of aromatic nitrogens is 1. The van der Waals surface area contributed by atoms with Crippen molar-refractivity contribution in [2.45, 2.75) is 38.8 Å². The van der Waals surface area contributed by atoms with Crippen molar-refractivity contribution in [2.24, 2.45) is 0 Å². The van der Waals surface area contributed by atoms with E-state index in [4.69, 9.17) is 4.74 Å². The van der Waals surface area contributed by atoms with Crippen molar-refractivity contribution in [3.05, 3.63) is 75.9 Å². The van der Waals surface area contributed by atoms with E-state index in [-0.39, 0.29) is 24.3 Å². The number of carbonyl (C=O) groups is 2. The molecule has 3 amide bonds. The Balaban J connectivity index is 1.40. The van der Waals surface area contributed by atoms with Crippen LogP contribution >= 0.6 is 11.3 Å². The van der Waals surface area contributed by atoms with Crippen molar-refractivity contribution >= 4 is 28.3 Å². The average Bonchev–Trinajstić information content (AvgIpc) is 3.23. The maximum atomic E-state index is 12.8. The topological polar surface area (TPSA) is 107 Å². The van der Waals surface area contributed by atoms with Crippen molar-refractivity contribution in [2.75, 3.05) is 19.0 Å². The van der Waals surface area contributed by atoms with Crippen LogP contribution in [0.1, 0.15) is 46.4 Å². The molecular weight excluding hydrogens is 462 g/mol. The number of ether oxygens (including phenoxy) is 1. The zero-order chi connectivity index (χ0) is 24.8. The van der Waals surface area contributed by atoms with Crippen LogP contribution in [0.5, 0.6) is 5.75 Å². The molecule has 0 unspecified atom stereocenters. The molecule has 1 aromatic carbocycles. The fourth-order valence-corrected chi connectivity index (χ4v) is 5.44. The summed E-state index contributed by atoms with van der Waals surface area (Å²) >= 11 is 1.37. The largest absolute Gasteiger partial charge is 0.496 e. The van der Waals surface area contributed by atoms with Gasteiger partial charge in [-0.15, -0.1) is 11.3 Å². The minimum Gasteiger partial charge on any atom is -0.496 e. The second-order valence-corrected chi connectivity index (χ2v) is 9.51. The highest BCUT2D eigenvalue weighted by Gasteiger charge is 2.28. The van der Waals surface area contributed by atoms with E-state index in [1.54, 1.807) is 24.4 Å². The molecular formula is C26H27N5O3S. The van der Waals surface area contributed by atoms with E-state index in [1.807, 2.05) is 43.3 Å². The van der Waals surface area contributed by atoms with Gasteiger partial charge in [-0.1, -0.05) is 31.2 Å². The first-order valence-corrected chi connectivity index (χ1v) is 12.2. The molecule has 0 fully saturated rings. The van der Waals surface area contributed by atoms with Crippen LogP contribution in [0, 0.1) is 11.3 Å². The molecule has 0 aliphatic carbocycles. The van der Waals surface area contributed by atoms with Gasteiger partial charge in [0.1, 0.15) is 16.8 Å². The van der Waals surface area contributed by atoms with Gasteiger partial charge in [0.25, 0.3) is 0 Å². The first kappa shape index (κ1) is 24.2. The molecule has 0 radical (unpaired) electrons. The number of carbonyl (C=O) groups excluding carboxylic acids is 2. The molecule has 4 rings (SSSR count). The third-order valence-corrected chi connectivity index (χ3v) is 7.17. The molecule has 35 heavy (non-hydrogen) atoms. The number of nitriles is 1. The van der Waals surface area contributed by atoms with E-state index in [0.717, 1.165) is 27.3 Å². The molecule has 1 aliphatic rings. The minimum atomic E-state index is -0.164. The van der Waals surface area contributed by atoms with E-state index in [9.17, 15) is 14.9 Å². The number of nitrogens with zero attached hydrogens (tertiary/aromatic N) is 3. The summed E-state index contributed by atoms with van der Waals surface area (Å²) in [5.74, 6) is 0.536. The first-order valence-electron chi connectivity index (χ1n) is 11.4. The molecule has 180 valence electrons. The highest BCUT2D eigenvalue weighted by atomic mass is 32.1. The van der Waals surface area contributed by atoms with E-state index in [0.29, 0.717) is 36.6 Å². The summed E-state index contributed by atoms with van der Waals surface area (Å²) in [4.78, 5) is 32.2.